The number of hydrogen-bond acceptors (Lipinski definition) is 7. The molecule has 0 aromatic heterocycles. The van der Waals surface area contributed by atoms with Crippen molar-refractivity contribution in [3.63, 3.8) is 0 Å². The van der Waals surface area contributed by atoms with Crippen molar-refractivity contribution in [2.75, 3.05) is 0 Å². The third kappa shape index (κ3) is 4.71. The van der Waals surface area contributed by atoms with Crippen LogP contribution in [-0.4, -0.2) is 46.8 Å². The van der Waals surface area contributed by atoms with Gasteiger partial charge >= 0.3 is 17.9 Å². The van der Waals surface area contributed by atoms with E-state index >= 15 is 0 Å². The van der Waals surface area contributed by atoms with Crippen molar-refractivity contribution < 1.29 is 38.6 Å². The molecule has 224 valence electrons. The Hall–Kier alpha value is -3.03. The second-order valence-corrected chi connectivity index (χ2v) is 13.5. The summed E-state index contributed by atoms with van der Waals surface area (Å²) in [6, 6.07) is 0. The zero-order valence-corrected chi connectivity index (χ0v) is 25.5. The van der Waals surface area contributed by atoms with Crippen LogP contribution in [0.15, 0.2) is 34.9 Å². The summed E-state index contributed by atoms with van der Waals surface area (Å²) in [7, 11) is 0. The van der Waals surface area contributed by atoms with E-state index in [1.807, 2.05) is 39.8 Å². The number of carboxylic acid groups (broad SMARTS) is 1. The Morgan fingerprint density at radius 2 is 1.66 bits per heavy atom. The Morgan fingerprint density at radius 3 is 2.22 bits per heavy atom. The number of esters is 2. The van der Waals surface area contributed by atoms with Gasteiger partial charge in [-0.25, -0.2) is 4.79 Å². The number of Topliss-reactive ketones (excluding diaryl/α,β-unsaturated/α-hetero) is 1. The fourth-order valence-electron chi connectivity index (χ4n) is 9.19. The van der Waals surface area contributed by atoms with Crippen molar-refractivity contribution in [2.24, 2.45) is 39.9 Å². The third-order valence-electron chi connectivity index (χ3n) is 11.0. The fraction of sp³-hybridized carbons (Fsp3) is 0.667. The number of carboxylic acids is 1. The molecule has 4 aliphatic rings. The van der Waals surface area contributed by atoms with Gasteiger partial charge in [0.15, 0.2) is 17.7 Å². The molecular weight excluding hydrogens is 524 g/mol. The normalized spacial score (nSPS) is 40.6. The Kier molecular flexibility index (Phi) is 8.04. The molecule has 0 spiro atoms. The number of carbonyl (C=O) groups is 5. The Balaban J connectivity index is 1.93. The first-order chi connectivity index (χ1) is 19.0. The van der Waals surface area contributed by atoms with Gasteiger partial charge in [0, 0.05) is 36.7 Å². The molecule has 0 amide bonds. The smallest absolute Gasteiger partial charge is 0.331 e. The Bertz CT molecular complexity index is 1270. The molecule has 8 nitrogen and oxygen atoms in total. The highest BCUT2D eigenvalue weighted by atomic mass is 16.5. The summed E-state index contributed by atoms with van der Waals surface area (Å²) >= 11 is 0. The minimum Gasteiger partial charge on any atom is -0.478 e. The van der Waals surface area contributed by atoms with E-state index in [-0.39, 0.29) is 41.8 Å². The summed E-state index contributed by atoms with van der Waals surface area (Å²) in [5, 5.41) is 10.4. The highest BCUT2D eigenvalue weighted by Crippen LogP contribution is 2.73. The van der Waals surface area contributed by atoms with Crippen LogP contribution < -0.4 is 0 Å². The van der Waals surface area contributed by atoms with Gasteiger partial charge in [0.1, 0.15) is 6.10 Å². The first kappa shape index (κ1) is 30.9. The molecule has 3 saturated carbocycles. The van der Waals surface area contributed by atoms with Gasteiger partial charge in [-0.15, -0.1) is 0 Å². The number of ketones is 2. The van der Waals surface area contributed by atoms with Crippen LogP contribution in [0.25, 0.3) is 0 Å². The third-order valence-corrected chi connectivity index (χ3v) is 11.0. The Labute approximate surface area is 242 Å². The molecule has 2 unspecified atom stereocenters. The number of hydrogen-bond donors (Lipinski definition) is 1. The van der Waals surface area contributed by atoms with Crippen LogP contribution in [0.2, 0.25) is 0 Å². The molecule has 0 aromatic carbocycles. The highest BCUT2D eigenvalue weighted by molar-refractivity contribution is 5.98. The lowest BCUT2D eigenvalue weighted by Gasteiger charge is -2.66. The van der Waals surface area contributed by atoms with Gasteiger partial charge in [0.25, 0.3) is 0 Å². The molecule has 0 heterocycles. The van der Waals surface area contributed by atoms with Gasteiger partial charge in [-0.3, -0.25) is 19.2 Å². The van der Waals surface area contributed by atoms with Gasteiger partial charge in [-0.1, -0.05) is 45.4 Å². The van der Waals surface area contributed by atoms with E-state index in [9.17, 15) is 29.1 Å². The van der Waals surface area contributed by atoms with E-state index in [0.29, 0.717) is 24.8 Å². The number of carbonyl (C=O) groups excluding carboxylic acids is 4. The number of aliphatic carboxylic acids is 1. The minimum atomic E-state index is -1.12. The van der Waals surface area contributed by atoms with Gasteiger partial charge in [0.2, 0.25) is 0 Å². The van der Waals surface area contributed by atoms with Crippen LogP contribution in [0.5, 0.6) is 0 Å². The number of rotatable bonds is 6. The molecule has 4 aliphatic carbocycles. The Morgan fingerprint density at radius 1 is 1.02 bits per heavy atom. The summed E-state index contributed by atoms with van der Waals surface area (Å²) in [5.41, 5.74) is -0.526. The zero-order valence-electron chi connectivity index (χ0n) is 25.5. The summed E-state index contributed by atoms with van der Waals surface area (Å²) in [4.78, 5) is 64.9. The van der Waals surface area contributed by atoms with E-state index in [4.69, 9.17) is 9.47 Å². The molecule has 9 atom stereocenters. The summed E-state index contributed by atoms with van der Waals surface area (Å²) in [5.74, 6) is -3.98. The van der Waals surface area contributed by atoms with Crippen molar-refractivity contribution in [2.45, 2.75) is 99.7 Å². The van der Waals surface area contributed by atoms with Crippen LogP contribution in [0, 0.1) is 39.9 Å². The van der Waals surface area contributed by atoms with Crippen molar-refractivity contribution in [1.29, 1.82) is 0 Å². The van der Waals surface area contributed by atoms with E-state index in [2.05, 4.69) is 6.92 Å². The lowest BCUT2D eigenvalue weighted by atomic mass is 9.37. The van der Waals surface area contributed by atoms with Crippen molar-refractivity contribution in [3.05, 3.63) is 34.9 Å². The minimum absolute atomic E-state index is 0.0931. The lowest BCUT2D eigenvalue weighted by molar-refractivity contribution is -0.207. The first-order valence-electron chi connectivity index (χ1n) is 14.7. The van der Waals surface area contributed by atoms with Crippen LogP contribution in [0.4, 0.5) is 0 Å². The molecule has 3 fully saturated rings. The van der Waals surface area contributed by atoms with Gasteiger partial charge in [-0.05, 0) is 80.3 Å². The van der Waals surface area contributed by atoms with Gasteiger partial charge in [-0.2, -0.15) is 0 Å². The maximum Gasteiger partial charge on any atom is 0.331 e. The number of allylic oxidation sites excluding steroid dienone is 4. The SMILES string of the molecule is CC(=O)O[C@H]1C[C@@]2(C)[C@@H](CC[C@H]3[C@@]4(C)C=CC(=O)C(C)C4[C@H](OC(C)=O)C(=O)[C@@]32C)/C1=C(\CCC=C(C)C)C(=O)O. The molecule has 1 N–H and O–H groups in total. The van der Waals surface area contributed by atoms with Crippen molar-refractivity contribution >= 4 is 29.5 Å². The van der Waals surface area contributed by atoms with Gasteiger partial charge in [0.05, 0.1) is 0 Å². The number of ether oxygens (including phenoxy) is 2. The van der Waals surface area contributed by atoms with E-state index in [1.54, 1.807) is 13.0 Å². The van der Waals surface area contributed by atoms with Crippen LogP contribution in [-0.2, 0) is 33.4 Å². The van der Waals surface area contributed by atoms with E-state index in [1.165, 1.54) is 13.8 Å². The second kappa shape index (κ2) is 10.7. The average Bonchev–Trinajstić information content (AvgIpc) is 3.14. The highest BCUT2D eigenvalue weighted by Gasteiger charge is 2.74. The van der Waals surface area contributed by atoms with Gasteiger partial charge < -0.3 is 14.6 Å². The predicted octanol–water partition coefficient (Wildman–Crippen LogP) is 5.40. The second-order valence-electron chi connectivity index (χ2n) is 13.5. The monoisotopic (exact) mass is 568 g/mol. The van der Waals surface area contributed by atoms with Crippen LogP contribution >= 0.6 is 0 Å². The molecule has 0 radical (unpaired) electrons. The molecule has 8 heteroatoms. The van der Waals surface area contributed by atoms with Crippen LogP contribution in [0.3, 0.4) is 0 Å². The zero-order chi connectivity index (χ0) is 30.7. The van der Waals surface area contributed by atoms with Crippen molar-refractivity contribution in [3.8, 4) is 0 Å². The maximum absolute atomic E-state index is 14.7. The van der Waals surface area contributed by atoms with E-state index < -0.39 is 58.2 Å². The molecule has 0 saturated heterocycles. The largest absolute Gasteiger partial charge is 0.478 e. The topological polar surface area (TPSA) is 124 Å². The maximum atomic E-state index is 14.7. The molecule has 4 rings (SSSR count). The molecule has 0 aromatic rings. The predicted molar refractivity (Wildman–Crippen MR) is 151 cm³/mol. The quantitative estimate of drug-likeness (QED) is 0.257. The summed E-state index contributed by atoms with van der Waals surface area (Å²) in [6.45, 7) is 14.3. The summed E-state index contributed by atoms with van der Waals surface area (Å²) < 4.78 is 11.6. The average molecular weight is 569 g/mol. The van der Waals surface area contributed by atoms with Crippen LogP contribution in [0.1, 0.15) is 87.5 Å². The van der Waals surface area contributed by atoms with E-state index in [0.717, 1.165) is 5.57 Å². The lowest BCUT2D eigenvalue weighted by Crippen LogP contribution is -2.69. The first-order valence-corrected chi connectivity index (χ1v) is 14.7. The molecule has 41 heavy (non-hydrogen) atoms. The molecular formula is C33H44O8. The van der Waals surface area contributed by atoms with Crippen molar-refractivity contribution in [1.82, 2.24) is 0 Å². The number of fused-ring (bicyclic) bond motifs is 5. The summed E-state index contributed by atoms with van der Waals surface area (Å²) in [6.07, 6.45) is 5.95. The fourth-order valence-corrected chi connectivity index (χ4v) is 9.19. The molecule has 0 bridgehead atoms. The molecule has 0 aliphatic heterocycles. The standard InChI is InChI=1S/C33H44O8/c1-17(2)10-9-11-21(30(38)39)26-22-12-13-25-31(6)15-14-23(36)18(3)27(31)28(41-20(5)35)29(37)33(25,8)32(22,7)16-24(26)40-19(4)34/h10,14-15,18,22,24-25,27-28H,9,11-13,16H2,1-8H3,(H,38,39)/b26-21-/t18?,22-,24-,25-,27?,28-,31+,32-,33+/m0/s1.